The van der Waals surface area contributed by atoms with Crippen LogP contribution in [0.4, 0.5) is 19.0 Å². The summed E-state index contributed by atoms with van der Waals surface area (Å²) in [5, 5.41) is 3.11. The predicted molar refractivity (Wildman–Crippen MR) is 70.2 cm³/mol. The van der Waals surface area contributed by atoms with E-state index in [9.17, 15) is 13.2 Å². The molecule has 0 amide bonds. The molecule has 6 heteroatoms. The molecule has 0 radical (unpaired) electrons. The van der Waals surface area contributed by atoms with Crippen molar-refractivity contribution >= 4 is 5.82 Å². The van der Waals surface area contributed by atoms with E-state index in [-0.39, 0.29) is 6.04 Å². The number of anilines is 1. The zero-order valence-corrected chi connectivity index (χ0v) is 11.5. The van der Waals surface area contributed by atoms with Crippen molar-refractivity contribution in [1.29, 1.82) is 0 Å². The second-order valence-electron chi connectivity index (χ2n) is 4.60. The number of aromatic nitrogens is 1. The van der Waals surface area contributed by atoms with Crippen molar-refractivity contribution in [1.82, 2.24) is 10.3 Å². The third-order valence-corrected chi connectivity index (χ3v) is 2.68. The fourth-order valence-electron chi connectivity index (χ4n) is 1.78. The van der Waals surface area contributed by atoms with E-state index < -0.39 is 12.7 Å². The van der Waals surface area contributed by atoms with Crippen LogP contribution in [0.3, 0.4) is 0 Å². The van der Waals surface area contributed by atoms with Gasteiger partial charge in [-0.25, -0.2) is 4.98 Å². The van der Waals surface area contributed by atoms with Crippen molar-refractivity contribution < 1.29 is 13.2 Å². The van der Waals surface area contributed by atoms with Crippen molar-refractivity contribution in [2.24, 2.45) is 0 Å². The van der Waals surface area contributed by atoms with Gasteiger partial charge in [0.1, 0.15) is 12.4 Å². The van der Waals surface area contributed by atoms with Gasteiger partial charge < -0.3 is 10.2 Å². The zero-order valence-electron chi connectivity index (χ0n) is 11.5. The quantitative estimate of drug-likeness (QED) is 0.865. The minimum absolute atomic E-state index is 0.267. The first-order chi connectivity index (χ1) is 8.85. The van der Waals surface area contributed by atoms with E-state index in [2.05, 4.69) is 10.3 Å². The normalized spacial score (nSPS) is 11.9. The lowest BCUT2D eigenvalue weighted by molar-refractivity contribution is -0.120. The summed E-state index contributed by atoms with van der Waals surface area (Å²) in [6, 6.07) is 3.27. The average molecular weight is 275 g/mol. The van der Waals surface area contributed by atoms with Crippen LogP contribution in [0.5, 0.6) is 0 Å². The summed E-state index contributed by atoms with van der Waals surface area (Å²) in [7, 11) is 0. The molecule has 1 N–H and O–H groups in total. The molecule has 0 aliphatic heterocycles. The number of nitrogens with zero attached hydrogens (tertiary/aromatic N) is 2. The van der Waals surface area contributed by atoms with Gasteiger partial charge in [0.15, 0.2) is 0 Å². The van der Waals surface area contributed by atoms with Crippen LogP contribution < -0.4 is 10.2 Å². The third-order valence-electron chi connectivity index (χ3n) is 2.68. The second kappa shape index (κ2) is 6.75. The van der Waals surface area contributed by atoms with Gasteiger partial charge in [0.2, 0.25) is 0 Å². The van der Waals surface area contributed by atoms with Crippen molar-refractivity contribution in [3.8, 4) is 0 Å². The molecule has 0 bridgehead atoms. The van der Waals surface area contributed by atoms with Gasteiger partial charge in [0.25, 0.3) is 0 Å². The van der Waals surface area contributed by atoms with Crippen LogP contribution in [0, 0.1) is 0 Å². The Morgan fingerprint density at radius 2 is 2.05 bits per heavy atom. The summed E-state index contributed by atoms with van der Waals surface area (Å²) in [5.41, 5.74) is 0.780. The van der Waals surface area contributed by atoms with Gasteiger partial charge in [0, 0.05) is 24.3 Å². The van der Waals surface area contributed by atoms with Crippen LogP contribution in [0.2, 0.25) is 0 Å². The van der Waals surface area contributed by atoms with E-state index in [0.717, 1.165) is 12.1 Å². The third kappa shape index (κ3) is 5.06. The van der Waals surface area contributed by atoms with Gasteiger partial charge in [-0.05, 0) is 26.5 Å². The maximum Gasteiger partial charge on any atom is 0.405 e. The van der Waals surface area contributed by atoms with Crippen molar-refractivity contribution in [3.05, 3.63) is 23.9 Å². The first kappa shape index (κ1) is 15.8. The molecule has 0 fully saturated rings. The molecule has 1 heterocycles. The topological polar surface area (TPSA) is 28.2 Å². The largest absolute Gasteiger partial charge is 0.405 e. The lowest BCUT2D eigenvalue weighted by atomic mass is 10.2. The summed E-state index contributed by atoms with van der Waals surface area (Å²) >= 11 is 0. The highest BCUT2D eigenvalue weighted by Crippen LogP contribution is 2.25. The van der Waals surface area contributed by atoms with Gasteiger partial charge in [0.05, 0.1) is 0 Å². The highest BCUT2D eigenvalue weighted by atomic mass is 19.4. The summed E-state index contributed by atoms with van der Waals surface area (Å²) in [6.07, 6.45) is -2.71. The molecule has 19 heavy (non-hydrogen) atoms. The Bertz CT molecular complexity index is 391. The van der Waals surface area contributed by atoms with Crippen LogP contribution in [-0.4, -0.2) is 30.3 Å². The van der Waals surface area contributed by atoms with E-state index in [4.69, 9.17) is 0 Å². The summed E-state index contributed by atoms with van der Waals surface area (Å²) in [4.78, 5) is 5.41. The molecule has 0 spiro atoms. The van der Waals surface area contributed by atoms with E-state index >= 15 is 0 Å². The van der Waals surface area contributed by atoms with Crippen LogP contribution in [0.25, 0.3) is 0 Å². The van der Waals surface area contributed by atoms with Crippen LogP contribution in [0.15, 0.2) is 18.3 Å². The number of hydrogen-bond donors (Lipinski definition) is 1. The molecule has 0 aliphatic rings. The van der Waals surface area contributed by atoms with E-state index in [1.165, 1.54) is 11.1 Å². The molecule has 108 valence electrons. The second-order valence-corrected chi connectivity index (χ2v) is 4.60. The van der Waals surface area contributed by atoms with Gasteiger partial charge in [-0.3, -0.25) is 0 Å². The molecule has 0 saturated carbocycles. The minimum atomic E-state index is -4.24. The summed E-state index contributed by atoms with van der Waals surface area (Å²) < 4.78 is 38.0. The van der Waals surface area contributed by atoms with Crippen molar-refractivity contribution in [2.45, 2.75) is 39.5 Å². The maximum absolute atomic E-state index is 12.7. The first-order valence-electron chi connectivity index (χ1n) is 6.33. The maximum atomic E-state index is 12.7. The van der Waals surface area contributed by atoms with E-state index in [1.54, 1.807) is 26.0 Å². The summed E-state index contributed by atoms with van der Waals surface area (Å²) in [5.74, 6) is 0.399. The molecule has 0 unspecified atom stereocenters. The van der Waals surface area contributed by atoms with Crippen LogP contribution in [-0.2, 0) is 6.54 Å². The van der Waals surface area contributed by atoms with Gasteiger partial charge in [-0.1, -0.05) is 13.0 Å². The average Bonchev–Trinajstić information content (AvgIpc) is 2.32. The number of halogens is 3. The predicted octanol–water partition coefficient (Wildman–Crippen LogP) is 2.97. The highest BCUT2D eigenvalue weighted by molar-refractivity contribution is 5.47. The van der Waals surface area contributed by atoms with E-state index in [0.29, 0.717) is 12.4 Å². The van der Waals surface area contributed by atoms with Gasteiger partial charge in [-0.15, -0.1) is 0 Å². The smallest absolute Gasteiger partial charge is 0.345 e. The molecule has 0 saturated heterocycles. The fourth-order valence-corrected chi connectivity index (χ4v) is 1.78. The van der Waals surface area contributed by atoms with Crippen LogP contribution >= 0.6 is 0 Å². The molecular weight excluding hydrogens is 255 g/mol. The van der Waals surface area contributed by atoms with Crippen molar-refractivity contribution in [3.63, 3.8) is 0 Å². The Morgan fingerprint density at radius 1 is 1.37 bits per heavy atom. The lowest BCUT2D eigenvalue weighted by Crippen LogP contribution is -2.40. The molecular formula is C13H20F3N3. The molecule has 0 atom stereocenters. The number of nitrogens with one attached hydrogen (secondary N) is 1. The minimum Gasteiger partial charge on any atom is -0.345 e. The Hall–Kier alpha value is -1.30. The Kier molecular flexibility index (Phi) is 5.60. The first-order valence-corrected chi connectivity index (χ1v) is 6.33. The molecule has 3 nitrogen and oxygen atoms in total. The lowest BCUT2D eigenvalue weighted by Gasteiger charge is -2.30. The highest BCUT2D eigenvalue weighted by Gasteiger charge is 2.33. The number of hydrogen-bond acceptors (Lipinski definition) is 3. The molecule has 1 rings (SSSR count). The molecule has 0 aliphatic carbocycles. The Morgan fingerprint density at radius 3 is 2.58 bits per heavy atom. The Balaban J connectivity index is 3.01. The fraction of sp³-hybridized carbons (Fsp3) is 0.615. The Labute approximate surface area is 111 Å². The standard InChI is InChI=1S/C13H20F3N3/c1-4-17-8-11-6-5-7-18-12(11)19(10(2)3)9-13(14,15)16/h5-7,10,17H,4,8-9H2,1-3H3. The van der Waals surface area contributed by atoms with E-state index in [1.807, 2.05) is 6.92 Å². The summed E-state index contributed by atoms with van der Waals surface area (Å²) in [6.45, 7) is 5.71. The van der Waals surface area contributed by atoms with Crippen LogP contribution in [0.1, 0.15) is 26.3 Å². The van der Waals surface area contributed by atoms with Crippen molar-refractivity contribution in [2.75, 3.05) is 18.0 Å². The number of alkyl halides is 3. The number of pyridine rings is 1. The zero-order chi connectivity index (χ0) is 14.5. The SMILES string of the molecule is CCNCc1cccnc1N(CC(F)(F)F)C(C)C. The van der Waals surface area contributed by atoms with Gasteiger partial charge >= 0.3 is 6.18 Å². The molecule has 1 aromatic heterocycles. The molecule has 0 aromatic carbocycles. The molecule has 1 aromatic rings. The monoisotopic (exact) mass is 275 g/mol. The number of rotatable bonds is 6. The van der Waals surface area contributed by atoms with Gasteiger partial charge in [-0.2, -0.15) is 13.2 Å².